The van der Waals surface area contributed by atoms with Crippen molar-refractivity contribution in [3.63, 3.8) is 0 Å². The van der Waals surface area contributed by atoms with Gasteiger partial charge in [-0.3, -0.25) is 4.99 Å². The molecule has 4 rings (SSSR count). The maximum Gasteiger partial charge on any atom is 0.340 e. The van der Waals surface area contributed by atoms with E-state index in [9.17, 15) is 4.79 Å². The Hall–Kier alpha value is -3.29. The molecule has 0 saturated heterocycles. The fourth-order valence-corrected chi connectivity index (χ4v) is 3.43. The third kappa shape index (κ3) is 2.64. The summed E-state index contributed by atoms with van der Waals surface area (Å²) in [6.07, 6.45) is 1.68. The van der Waals surface area contributed by atoms with Gasteiger partial charge in [-0.05, 0) is 24.6 Å². The van der Waals surface area contributed by atoms with Gasteiger partial charge in [0.25, 0.3) is 0 Å². The minimum absolute atomic E-state index is 0.0914. The van der Waals surface area contributed by atoms with E-state index in [1.54, 1.807) is 19.3 Å². The number of fused-ring (bicyclic) bond motifs is 3. The molecule has 3 heterocycles. The van der Waals surface area contributed by atoms with Crippen LogP contribution >= 0.6 is 0 Å². The quantitative estimate of drug-likeness (QED) is 0.703. The minimum Gasteiger partial charge on any atom is -0.465 e. The van der Waals surface area contributed by atoms with Gasteiger partial charge in [0.15, 0.2) is 0 Å². The number of carbonyl (C=O) groups excluding carboxylic acids is 1. The van der Waals surface area contributed by atoms with Gasteiger partial charge in [-0.2, -0.15) is 4.98 Å². The van der Waals surface area contributed by atoms with Gasteiger partial charge >= 0.3 is 5.97 Å². The highest BCUT2D eigenvalue weighted by Crippen LogP contribution is 2.39. The molecule has 0 fully saturated rings. The Labute approximate surface area is 154 Å². The number of hydrogen-bond acceptors (Lipinski definition) is 6. The summed E-state index contributed by atoms with van der Waals surface area (Å²) < 4.78 is 22.0. The molecule has 0 atom stereocenters. The number of carbonyl (C=O) groups is 1. The normalized spacial score (nSPS) is 13.6. The van der Waals surface area contributed by atoms with E-state index in [0.29, 0.717) is 29.8 Å². The van der Waals surface area contributed by atoms with E-state index < -0.39 is 11.8 Å². The van der Waals surface area contributed by atoms with Crippen molar-refractivity contribution in [1.82, 2.24) is 14.5 Å². The lowest BCUT2D eigenvalue weighted by molar-refractivity contribution is 0.0595. The second-order valence-corrected chi connectivity index (χ2v) is 6.27. The number of nitrogens with one attached hydrogen (secondary N) is 1. The molecule has 1 aromatic carbocycles. The van der Waals surface area contributed by atoms with Gasteiger partial charge in [-0.15, -0.1) is 0 Å². The fourth-order valence-electron chi connectivity index (χ4n) is 3.43. The molecule has 0 aliphatic carbocycles. The molecule has 0 bridgehead atoms. The molecule has 0 amide bonds. The van der Waals surface area contributed by atoms with Crippen LogP contribution in [0.25, 0.3) is 22.5 Å². The average Bonchev–Trinajstić information content (AvgIpc) is 3.17. The standard InChI is InChI=1S/C19H18FN5O2/c1-10-4-5-12(18(26)27-3)15(20)14(10)13-8-11-9-23-19(21-2)24-16(11)25-7-6-22-17(13)25/h4-5,8-9,22H,6-7H2,1-3H3. The van der Waals surface area contributed by atoms with Crippen molar-refractivity contribution in [1.29, 1.82) is 0 Å². The van der Waals surface area contributed by atoms with Crippen molar-refractivity contribution in [3.8, 4) is 22.5 Å². The highest BCUT2D eigenvalue weighted by molar-refractivity contribution is 5.93. The Kier molecular flexibility index (Phi) is 4.10. The number of hydrogen-bond donors (Lipinski definition) is 1. The van der Waals surface area contributed by atoms with Crippen LogP contribution in [0.15, 0.2) is 29.4 Å². The SMILES string of the molecule is CN=c1ncc2cc(-c3c(C)ccc(C(=O)OC)c3F)c3n(c-2n1)CCN3. The van der Waals surface area contributed by atoms with Crippen LogP contribution in [-0.2, 0) is 11.3 Å². The number of anilines is 1. The van der Waals surface area contributed by atoms with Crippen LogP contribution < -0.4 is 10.9 Å². The highest BCUT2D eigenvalue weighted by Gasteiger charge is 2.26. The summed E-state index contributed by atoms with van der Waals surface area (Å²) >= 11 is 0. The van der Waals surface area contributed by atoms with Gasteiger partial charge in [0.2, 0.25) is 5.62 Å². The molecule has 0 aromatic heterocycles. The number of methoxy groups -OCH3 is 1. The molecule has 138 valence electrons. The summed E-state index contributed by atoms with van der Waals surface area (Å²) in [7, 11) is 2.87. The lowest BCUT2D eigenvalue weighted by atomic mass is 9.96. The lowest BCUT2D eigenvalue weighted by Crippen LogP contribution is -2.17. The first-order valence-corrected chi connectivity index (χ1v) is 8.50. The smallest absolute Gasteiger partial charge is 0.340 e. The van der Waals surface area contributed by atoms with E-state index >= 15 is 4.39 Å². The third-order valence-corrected chi connectivity index (χ3v) is 4.72. The molecule has 0 unspecified atom stereocenters. The number of benzene rings is 1. The Morgan fingerprint density at radius 1 is 1.41 bits per heavy atom. The number of halogens is 1. The molecule has 3 aliphatic rings. The predicted octanol–water partition coefficient (Wildman–Crippen LogP) is 2.24. The molecule has 8 heteroatoms. The molecule has 27 heavy (non-hydrogen) atoms. The van der Waals surface area contributed by atoms with Gasteiger partial charge in [-0.25, -0.2) is 14.2 Å². The fraction of sp³-hybridized carbons (Fsp3) is 0.263. The summed E-state index contributed by atoms with van der Waals surface area (Å²) in [6.45, 7) is 3.20. The number of pyridine rings is 1. The first-order valence-electron chi connectivity index (χ1n) is 8.50. The van der Waals surface area contributed by atoms with E-state index in [0.717, 1.165) is 22.8 Å². The van der Waals surface area contributed by atoms with Gasteiger partial charge in [-0.1, -0.05) is 6.07 Å². The van der Waals surface area contributed by atoms with Crippen LogP contribution in [0.4, 0.5) is 10.2 Å². The van der Waals surface area contributed by atoms with Crippen molar-refractivity contribution < 1.29 is 13.9 Å². The van der Waals surface area contributed by atoms with Gasteiger partial charge < -0.3 is 14.6 Å². The molecule has 0 radical (unpaired) electrons. The number of nitrogens with zero attached hydrogens (tertiary/aromatic N) is 4. The van der Waals surface area contributed by atoms with E-state index in [2.05, 4.69) is 20.3 Å². The predicted molar refractivity (Wildman–Crippen MR) is 98.1 cm³/mol. The first-order chi connectivity index (χ1) is 13.0. The summed E-state index contributed by atoms with van der Waals surface area (Å²) in [5.74, 6) is 0.187. The maximum absolute atomic E-state index is 15.3. The third-order valence-electron chi connectivity index (χ3n) is 4.72. The molecule has 7 nitrogen and oxygen atoms in total. The van der Waals surface area contributed by atoms with Gasteiger partial charge in [0.05, 0.1) is 12.7 Å². The topological polar surface area (TPSA) is 81.4 Å². The Morgan fingerprint density at radius 3 is 2.96 bits per heavy atom. The molecular formula is C19H18FN5O2. The average molecular weight is 367 g/mol. The molecule has 0 saturated carbocycles. The van der Waals surface area contributed by atoms with Crippen molar-refractivity contribution in [2.75, 3.05) is 26.0 Å². The molecule has 1 aromatic rings. The van der Waals surface area contributed by atoms with E-state index in [-0.39, 0.29) is 5.56 Å². The zero-order valence-electron chi connectivity index (χ0n) is 15.2. The zero-order chi connectivity index (χ0) is 19.1. The van der Waals surface area contributed by atoms with Gasteiger partial charge in [0.1, 0.15) is 17.5 Å². The zero-order valence-corrected chi connectivity index (χ0v) is 15.2. The first kappa shape index (κ1) is 17.1. The summed E-state index contributed by atoms with van der Waals surface area (Å²) in [6, 6.07) is 5.00. The van der Waals surface area contributed by atoms with Crippen LogP contribution in [0.3, 0.4) is 0 Å². The van der Waals surface area contributed by atoms with Crippen molar-refractivity contribution in [2.45, 2.75) is 13.5 Å². The molecule has 3 aliphatic heterocycles. The number of ether oxygens (including phenoxy) is 1. The Balaban J connectivity index is 2.05. The van der Waals surface area contributed by atoms with Crippen LogP contribution in [0, 0.1) is 12.7 Å². The van der Waals surface area contributed by atoms with Crippen LogP contribution in [0.5, 0.6) is 0 Å². The second-order valence-electron chi connectivity index (χ2n) is 6.27. The summed E-state index contributed by atoms with van der Waals surface area (Å²) in [5, 5.41) is 3.30. The summed E-state index contributed by atoms with van der Waals surface area (Å²) in [4.78, 5) is 24.7. The van der Waals surface area contributed by atoms with Crippen molar-refractivity contribution in [3.05, 3.63) is 47.0 Å². The molecular weight excluding hydrogens is 349 g/mol. The van der Waals surface area contributed by atoms with E-state index in [1.807, 2.05) is 17.6 Å². The Morgan fingerprint density at radius 2 is 2.22 bits per heavy atom. The molecule has 0 spiro atoms. The second kappa shape index (κ2) is 6.46. The lowest BCUT2D eigenvalue weighted by Gasteiger charge is -2.19. The van der Waals surface area contributed by atoms with Crippen LogP contribution in [-0.4, -0.2) is 41.2 Å². The monoisotopic (exact) mass is 367 g/mol. The van der Waals surface area contributed by atoms with E-state index in [1.165, 1.54) is 13.2 Å². The van der Waals surface area contributed by atoms with Crippen LogP contribution in [0.1, 0.15) is 15.9 Å². The number of rotatable bonds is 2. The number of esters is 1. The largest absolute Gasteiger partial charge is 0.465 e. The Bertz CT molecular complexity index is 1110. The van der Waals surface area contributed by atoms with Gasteiger partial charge in [0, 0.05) is 43.0 Å². The van der Waals surface area contributed by atoms with Crippen LogP contribution in [0.2, 0.25) is 0 Å². The highest BCUT2D eigenvalue weighted by atomic mass is 19.1. The summed E-state index contributed by atoms with van der Waals surface area (Å²) in [5.41, 5.74) is 2.81. The van der Waals surface area contributed by atoms with E-state index in [4.69, 9.17) is 4.74 Å². The molecule has 1 N–H and O–H groups in total. The maximum atomic E-state index is 15.3. The number of aromatic nitrogens is 3. The minimum atomic E-state index is -0.704. The number of aryl methyl sites for hydroxylation is 1. The van der Waals surface area contributed by atoms with Crippen molar-refractivity contribution >= 4 is 11.8 Å². The van der Waals surface area contributed by atoms with Crippen molar-refractivity contribution in [2.24, 2.45) is 4.99 Å².